The summed E-state index contributed by atoms with van der Waals surface area (Å²) in [7, 11) is -3.53. The number of hydrogen-bond donors (Lipinski definition) is 2. The quantitative estimate of drug-likeness (QED) is 0.767. The average molecular weight is 297 g/mol. The molecule has 3 rings (SSSR count). The Labute approximate surface area is 116 Å². The molecule has 2 atom stereocenters. The monoisotopic (exact) mass is 297 g/mol. The molecule has 2 unspecified atom stereocenters. The molecule has 8 heteroatoms. The highest BCUT2D eigenvalue weighted by molar-refractivity contribution is 7.90. The first-order chi connectivity index (χ1) is 9.54. The van der Waals surface area contributed by atoms with E-state index in [2.05, 4.69) is 15.0 Å². The van der Waals surface area contributed by atoms with Gasteiger partial charge >= 0.3 is 6.03 Å². The Balaban J connectivity index is 1.68. The van der Waals surface area contributed by atoms with Gasteiger partial charge in [0, 0.05) is 13.2 Å². The number of aliphatic imine (C=N–C) groups is 1. The molecule has 7 nitrogen and oxygen atoms in total. The molecule has 1 saturated heterocycles. The van der Waals surface area contributed by atoms with E-state index in [0.29, 0.717) is 18.0 Å². The molecule has 0 aromatic carbocycles. The van der Waals surface area contributed by atoms with Gasteiger partial charge in [-0.3, -0.25) is 0 Å². The number of nitrogens with one attached hydrogen (secondary N) is 2. The van der Waals surface area contributed by atoms with Crippen molar-refractivity contribution in [3.63, 3.8) is 0 Å². The molecule has 2 amide bonds. The minimum absolute atomic E-state index is 0.0479. The van der Waals surface area contributed by atoms with Crippen molar-refractivity contribution in [1.29, 1.82) is 0 Å². The van der Waals surface area contributed by atoms with Gasteiger partial charge in [-0.15, -0.1) is 0 Å². The standard InChI is InChI=1S/C12H15N3O4S/c16-12-14-10-4-3-9(6-11(10)15-12)20(17,18)13-7-8-2-1-5-19-8/h3-4,6,8-9,13H,1-2,5,7H2,(H,15,16). The lowest BCUT2D eigenvalue weighted by molar-refractivity contribution is 0.114. The lowest BCUT2D eigenvalue weighted by Gasteiger charge is -2.17. The zero-order valence-electron chi connectivity index (χ0n) is 10.7. The number of ether oxygens (including phenoxy) is 1. The van der Waals surface area contributed by atoms with Gasteiger partial charge in [0.05, 0.1) is 17.5 Å². The Hall–Kier alpha value is -1.51. The van der Waals surface area contributed by atoms with Crippen molar-refractivity contribution in [1.82, 2.24) is 10.0 Å². The van der Waals surface area contributed by atoms with Crippen LogP contribution in [0, 0.1) is 0 Å². The van der Waals surface area contributed by atoms with Crippen LogP contribution >= 0.6 is 0 Å². The van der Waals surface area contributed by atoms with Crippen molar-refractivity contribution in [2.24, 2.45) is 4.99 Å². The number of carbonyl (C=O) groups excluding carboxylic acids is 1. The molecule has 0 saturated carbocycles. The summed E-state index contributed by atoms with van der Waals surface area (Å²) in [5.74, 6) is 0. The van der Waals surface area contributed by atoms with Crippen molar-refractivity contribution < 1.29 is 17.9 Å². The fourth-order valence-corrected chi connectivity index (χ4v) is 3.55. The third kappa shape index (κ3) is 2.67. The van der Waals surface area contributed by atoms with Crippen LogP contribution in [-0.2, 0) is 14.8 Å². The normalized spacial score (nSPS) is 28.9. The van der Waals surface area contributed by atoms with E-state index in [1.54, 1.807) is 6.08 Å². The Kier molecular flexibility index (Phi) is 3.45. The molecule has 0 bridgehead atoms. The highest BCUT2D eigenvalue weighted by Crippen LogP contribution is 2.17. The van der Waals surface area contributed by atoms with Crippen molar-refractivity contribution in [3.8, 4) is 0 Å². The molecule has 0 aromatic rings. The third-order valence-electron chi connectivity index (χ3n) is 3.41. The van der Waals surface area contributed by atoms with E-state index >= 15 is 0 Å². The Morgan fingerprint density at radius 2 is 2.35 bits per heavy atom. The maximum Gasteiger partial charge on any atom is 0.346 e. The van der Waals surface area contributed by atoms with E-state index in [4.69, 9.17) is 4.74 Å². The van der Waals surface area contributed by atoms with E-state index in [-0.39, 0.29) is 12.6 Å². The summed E-state index contributed by atoms with van der Waals surface area (Å²) in [4.78, 5) is 14.8. The molecule has 0 radical (unpaired) electrons. The van der Waals surface area contributed by atoms with Gasteiger partial charge in [-0.25, -0.2) is 17.9 Å². The molecule has 20 heavy (non-hydrogen) atoms. The average Bonchev–Trinajstić information content (AvgIpc) is 3.03. The first-order valence-electron chi connectivity index (χ1n) is 6.45. The molecular weight excluding hydrogens is 282 g/mol. The van der Waals surface area contributed by atoms with Crippen molar-refractivity contribution in [3.05, 3.63) is 23.9 Å². The fourth-order valence-electron chi connectivity index (χ4n) is 2.34. The smallest absolute Gasteiger partial charge is 0.346 e. The highest BCUT2D eigenvalue weighted by Gasteiger charge is 2.29. The summed E-state index contributed by atoms with van der Waals surface area (Å²) in [6.07, 6.45) is 6.33. The molecule has 3 aliphatic rings. The number of nitrogens with zero attached hydrogens (tertiary/aromatic N) is 1. The predicted molar refractivity (Wildman–Crippen MR) is 72.9 cm³/mol. The zero-order chi connectivity index (χ0) is 14.2. The van der Waals surface area contributed by atoms with Crippen LogP contribution in [0.5, 0.6) is 0 Å². The van der Waals surface area contributed by atoms with Crippen LogP contribution in [0.25, 0.3) is 0 Å². The van der Waals surface area contributed by atoms with Crippen molar-refractivity contribution in [2.45, 2.75) is 24.2 Å². The minimum Gasteiger partial charge on any atom is -0.377 e. The first-order valence-corrected chi connectivity index (χ1v) is 7.99. The van der Waals surface area contributed by atoms with Gasteiger partial charge in [-0.2, -0.15) is 4.99 Å². The Bertz CT molecular complexity index is 615. The molecule has 2 N–H and O–H groups in total. The lowest BCUT2D eigenvalue weighted by atomic mass is 10.1. The number of rotatable bonds is 4. The maximum atomic E-state index is 12.2. The lowest BCUT2D eigenvalue weighted by Crippen LogP contribution is -2.38. The molecular formula is C12H15N3O4S. The molecule has 0 spiro atoms. The minimum atomic E-state index is -3.53. The van der Waals surface area contributed by atoms with Crippen LogP contribution in [0.15, 0.2) is 28.9 Å². The van der Waals surface area contributed by atoms with E-state index in [0.717, 1.165) is 12.8 Å². The van der Waals surface area contributed by atoms with Crippen molar-refractivity contribution in [2.75, 3.05) is 13.2 Å². The summed E-state index contributed by atoms with van der Waals surface area (Å²) < 4.78 is 32.3. The summed E-state index contributed by atoms with van der Waals surface area (Å²) in [5.41, 5.74) is 0.922. The second-order valence-electron chi connectivity index (χ2n) is 4.86. The largest absolute Gasteiger partial charge is 0.377 e. The first kappa shape index (κ1) is 13.5. The van der Waals surface area contributed by atoms with Gasteiger partial charge in [0.1, 0.15) is 5.25 Å². The highest BCUT2D eigenvalue weighted by atomic mass is 32.2. The van der Waals surface area contributed by atoms with Gasteiger partial charge in [0.15, 0.2) is 0 Å². The fraction of sp³-hybridized carbons (Fsp3) is 0.500. The number of carbonyl (C=O) groups is 1. The summed E-state index contributed by atoms with van der Waals surface area (Å²) in [6.45, 7) is 0.967. The molecule has 1 fully saturated rings. The van der Waals surface area contributed by atoms with Crippen LogP contribution in [0.2, 0.25) is 0 Å². The summed E-state index contributed by atoms with van der Waals surface area (Å²) in [5, 5.41) is 1.70. The molecule has 2 aliphatic heterocycles. The predicted octanol–water partition coefficient (Wildman–Crippen LogP) is 0.0713. The maximum absolute atomic E-state index is 12.2. The van der Waals surface area contributed by atoms with Crippen LogP contribution in [0.1, 0.15) is 12.8 Å². The SMILES string of the molecule is O=C1N=C2C=CC(S(=O)(=O)NCC3CCCO3)C=C2N1. The Morgan fingerprint density at radius 3 is 3.10 bits per heavy atom. The number of fused-ring (bicyclic) bond motifs is 1. The molecule has 0 aromatic heterocycles. The van der Waals surface area contributed by atoms with Gasteiger partial charge in [-0.05, 0) is 25.0 Å². The molecule has 2 heterocycles. The van der Waals surface area contributed by atoms with Gasteiger partial charge in [-0.1, -0.05) is 6.08 Å². The van der Waals surface area contributed by atoms with Gasteiger partial charge in [0.2, 0.25) is 10.0 Å². The summed E-state index contributed by atoms with van der Waals surface area (Å²) in [6, 6.07) is -0.471. The van der Waals surface area contributed by atoms with Crippen LogP contribution in [0.4, 0.5) is 4.79 Å². The number of hydrogen-bond acceptors (Lipinski definition) is 4. The van der Waals surface area contributed by atoms with Crippen LogP contribution in [0.3, 0.4) is 0 Å². The second kappa shape index (κ2) is 5.12. The van der Waals surface area contributed by atoms with Crippen LogP contribution < -0.4 is 10.0 Å². The van der Waals surface area contributed by atoms with Gasteiger partial charge < -0.3 is 10.1 Å². The van der Waals surface area contributed by atoms with Crippen LogP contribution in [-0.4, -0.2) is 44.7 Å². The number of amides is 2. The number of allylic oxidation sites excluding steroid dienone is 1. The third-order valence-corrected chi connectivity index (χ3v) is 4.99. The van der Waals surface area contributed by atoms with E-state index in [9.17, 15) is 13.2 Å². The van der Waals surface area contributed by atoms with E-state index in [1.807, 2.05) is 0 Å². The van der Waals surface area contributed by atoms with E-state index < -0.39 is 21.3 Å². The van der Waals surface area contributed by atoms with E-state index in [1.165, 1.54) is 12.2 Å². The summed E-state index contributed by atoms with van der Waals surface area (Å²) >= 11 is 0. The topological polar surface area (TPSA) is 96.9 Å². The van der Waals surface area contributed by atoms with Gasteiger partial charge in [0.25, 0.3) is 0 Å². The van der Waals surface area contributed by atoms with Crippen molar-refractivity contribution >= 4 is 21.8 Å². The number of urea groups is 1. The Morgan fingerprint density at radius 1 is 1.50 bits per heavy atom. The second-order valence-corrected chi connectivity index (χ2v) is 6.78. The zero-order valence-corrected chi connectivity index (χ0v) is 11.5. The number of sulfonamides is 1. The molecule has 1 aliphatic carbocycles. The molecule has 108 valence electrons.